The Morgan fingerprint density at radius 1 is 1.44 bits per heavy atom. The molecule has 1 atom stereocenters. The molecule has 3 nitrogen and oxygen atoms in total. The van der Waals surface area contributed by atoms with Crippen molar-refractivity contribution in [3.8, 4) is 5.75 Å². The molecule has 0 bridgehead atoms. The van der Waals surface area contributed by atoms with Crippen molar-refractivity contribution in [1.82, 2.24) is 0 Å². The van der Waals surface area contributed by atoms with Crippen LogP contribution in [0.1, 0.15) is 25.8 Å². The molecule has 0 aromatic heterocycles. The Morgan fingerprint density at radius 3 is 2.75 bits per heavy atom. The molecule has 0 saturated carbocycles. The largest absolute Gasteiger partial charge is 0.494 e. The van der Waals surface area contributed by atoms with Crippen LogP contribution in [-0.2, 0) is 0 Å². The Kier molecular flexibility index (Phi) is 5.12. The Morgan fingerprint density at radius 2 is 2.19 bits per heavy atom. The third-order valence-corrected chi connectivity index (χ3v) is 2.40. The second-order valence-electron chi connectivity index (χ2n) is 4.11. The zero-order valence-electron chi connectivity index (χ0n) is 10.4. The van der Waals surface area contributed by atoms with Gasteiger partial charge in [-0.05, 0) is 51.0 Å². The SMILES string of the molecule is CCOc1ccc(NCCC(C)N)cc1C. The molecule has 1 aromatic carbocycles. The van der Waals surface area contributed by atoms with Gasteiger partial charge in [0.1, 0.15) is 5.75 Å². The summed E-state index contributed by atoms with van der Waals surface area (Å²) in [5, 5.41) is 3.35. The number of nitrogens with two attached hydrogens (primary N) is 1. The maximum atomic E-state index is 5.69. The van der Waals surface area contributed by atoms with E-state index in [1.807, 2.05) is 26.0 Å². The average Bonchev–Trinajstić information content (AvgIpc) is 2.21. The molecule has 1 rings (SSSR count). The maximum Gasteiger partial charge on any atom is 0.122 e. The first-order valence-corrected chi connectivity index (χ1v) is 5.86. The van der Waals surface area contributed by atoms with Crippen molar-refractivity contribution in [1.29, 1.82) is 0 Å². The van der Waals surface area contributed by atoms with Gasteiger partial charge in [0.05, 0.1) is 6.61 Å². The number of benzene rings is 1. The van der Waals surface area contributed by atoms with Gasteiger partial charge in [-0.2, -0.15) is 0 Å². The summed E-state index contributed by atoms with van der Waals surface area (Å²) in [6, 6.07) is 6.40. The summed E-state index contributed by atoms with van der Waals surface area (Å²) in [7, 11) is 0. The summed E-state index contributed by atoms with van der Waals surface area (Å²) in [5.41, 5.74) is 7.98. The van der Waals surface area contributed by atoms with E-state index in [9.17, 15) is 0 Å². The number of rotatable bonds is 6. The van der Waals surface area contributed by atoms with Crippen LogP contribution in [0.3, 0.4) is 0 Å². The molecule has 0 saturated heterocycles. The van der Waals surface area contributed by atoms with Gasteiger partial charge in [0.2, 0.25) is 0 Å². The molecular weight excluding hydrogens is 200 g/mol. The van der Waals surface area contributed by atoms with Crippen LogP contribution >= 0.6 is 0 Å². The Hall–Kier alpha value is -1.22. The van der Waals surface area contributed by atoms with Crippen molar-refractivity contribution in [3.63, 3.8) is 0 Å². The molecule has 0 aliphatic rings. The highest BCUT2D eigenvalue weighted by molar-refractivity contribution is 5.50. The van der Waals surface area contributed by atoms with Crippen molar-refractivity contribution in [3.05, 3.63) is 23.8 Å². The predicted molar refractivity (Wildman–Crippen MR) is 69.1 cm³/mol. The third-order valence-electron chi connectivity index (χ3n) is 2.40. The lowest BCUT2D eigenvalue weighted by Crippen LogP contribution is -2.19. The fraction of sp³-hybridized carbons (Fsp3) is 0.538. The summed E-state index contributed by atoms with van der Waals surface area (Å²) < 4.78 is 5.49. The van der Waals surface area contributed by atoms with Gasteiger partial charge in [-0.25, -0.2) is 0 Å². The van der Waals surface area contributed by atoms with Gasteiger partial charge in [0, 0.05) is 18.3 Å². The lowest BCUT2D eigenvalue weighted by Gasteiger charge is -2.11. The van der Waals surface area contributed by atoms with Gasteiger partial charge in [-0.15, -0.1) is 0 Å². The van der Waals surface area contributed by atoms with E-state index in [1.165, 1.54) is 0 Å². The van der Waals surface area contributed by atoms with Crippen molar-refractivity contribution < 1.29 is 4.74 Å². The molecule has 0 radical (unpaired) electrons. The summed E-state index contributed by atoms with van der Waals surface area (Å²) in [4.78, 5) is 0. The van der Waals surface area contributed by atoms with Crippen LogP contribution in [0.4, 0.5) is 5.69 Å². The average molecular weight is 222 g/mol. The van der Waals surface area contributed by atoms with E-state index in [2.05, 4.69) is 18.3 Å². The van der Waals surface area contributed by atoms with E-state index in [4.69, 9.17) is 10.5 Å². The fourth-order valence-corrected chi connectivity index (χ4v) is 1.52. The molecule has 0 spiro atoms. The van der Waals surface area contributed by atoms with Crippen LogP contribution in [0.25, 0.3) is 0 Å². The number of aryl methyl sites for hydroxylation is 1. The van der Waals surface area contributed by atoms with Gasteiger partial charge < -0.3 is 15.8 Å². The van der Waals surface area contributed by atoms with Crippen molar-refractivity contribution in [2.75, 3.05) is 18.5 Å². The predicted octanol–water partition coefficient (Wildman–Crippen LogP) is 2.54. The normalized spacial score (nSPS) is 12.2. The number of nitrogens with one attached hydrogen (secondary N) is 1. The molecular formula is C13H22N2O. The first kappa shape index (κ1) is 12.8. The van der Waals surface area contributed by atoms with Crippen LogP contribution in [-0.4, -0.2) is 19.2 Å². The Labute approximate surface area is 98.0 Å². The van der Waals surface area contributed by atoms with Gasteiger partial charge in [0.15, 0.2) is 0 Å². The Balaban J connectivity index is 2.52. The molecule has 90 valence electrons. The molecule has 3 heteroatoms. The van der Waals surface area contributed by atoms with Gasteiger partial charge in [-0.3, -0.25) is 0 Å². The second kappa shape index (κ2) is 6.38. The molecule has 3 N–H and O–H groups in total. The fourth-order valence-electron chi connectivity index (χ4n) is 1.52. The summed E-state index contributed by atoms with van der Waals surface area (Å²) in [6.45, 7) is 7.68. The first-order valence-electron chi connectivity index (χ1n) is 5.86. The molecule has 0 heterocycles. The van der Waals surface area contributed by atoms with Crippen LogP contribution in [0.2, 0.25) is 0 Å². The molecule has 1 aromatic rings. The molecule has 0 fully saturated rings. The highest BCUT2D eigenvalue weighted by atomic mass is 16.5. The quantitative estimate of drug-likeness (QED) is 0.777. The minimum atomic E-state index is 0.247. The van der Waals surface area contributed by atoms with E-state index in [1.54, 1.807) is 0 Å². The van der Waals surface area contributed by atoms with Crippen LogP contribution in [0.5, 0.6) is 5.75 Å². The molecule has 1 unspecified atom stereocenters. The summed E-state index contributed by atoms with van der Waals surface area (Å²) in [5.74, 6) is 0.959. The van der Waals surface area contributed by atoms with E-state index in [0.29, 0.717) is 6.61 Å². The lowest BCUT2D eigenvalue weighted by molar-refractivity contribution is 0.338. The topological polar surface area (TPSA) is 47.3 Å². The number of ether oxygens (including phenoxy) is 1. The summed E-state index contributed by atoms with van der Waals surface area (Å²) in [6.07, 6.45) is 0.978. The molecule has 16 heavy (non-hydrogen) atoms. The zero-order valence-corrected chi connectivity index (χ0v) is 10.4. The van der Waals surface area contributed by atoms with Gasteiger partial charge >= 0.3 is 0 Å². The van der Waals surface area contributed by atoms with Crippen LogP contribution < -0.4 is 15.8 Å². The Bertz CT molecular complexity index is 324. The number of hydrogen-bond acceptors (Lipinski definition) is 3. The van der Waals surface area contributed by atoms with Gasteiger partial charge in [-0.1, -0.05) is 0 Å². The number of anilines is 1. The second-order valence-corrected chi connectivity index (χ2v) is 4.11. The standard InChI is InChI=1S/C13H22N2O/c1-4-16-13-6-5-12(9-10(13)2)15-8-7-11(3)14/h5-6,9,11,15H,4,7-8,14H2,1-3H3. The van der Waals surface area contributed by atoms with Crippen LogP contribution in [0.15, 0.2) is 18.2 Å². The van der Waals surface area contributed by atoms with Crippen molar-refractivity contribution >= 4 is 5.69 Å². The van der Waals surface area contributed by atoms with E-state index < -0.39 is 0 Å². The number of hydrogen-bond donors (Lipinski definition) is 2. The summed E-state index contributed by atoms with van der Waals surface area (Å²) >= 11 is 0. The third kappa shape index (κ3) is 4.11. The molecule has 0 aliphatic carbocycles. The van der Waals surface area contributed by atoms with E-state index >= 15 is 0 Å². The minimum Gasteiger partial charge on any atom is -0.494 e. The maximum absolute atomic E-state index is 5.69. The van der Waals surface area contributed by atoms with Crippen molar-refractivity contribution in [2.45, 2.75) is 33.2 Å². The lowest BCUT2D eigenvalue weighted by atomic mass is 10.2. The van der Waals surface area contributed by atoms with Crippen LogP contribution in [0, 0.1) is 6.92 Å². The zero-order chi connectivity index (χ0) is 12.0. The highest BCUT2D eigenvalue weighted by Crippen LogP contribution is 2.21. The van der Waals surface area contributed by atoms with E-state index in [-0.39, 0.29) is 6.04 Å². The van der Waals surface area contributed by atoms with Crippen molar-refractivity contribution in [2.24, 2.45) is 5.73 Å². The van der Waals surface area contributed by atoms with Gasteiger partial charge in [0.25, 0.3) is 0 Å². The highest BCUT2D eigenvalue weighted by Gasteiger charge is 2.00. The van der Waals surface area contributed by atoms with E-state index in [0.717, 1.165) is 30.0 Å². The smallest absolute Gasteiger partial charge is 0.122 e. The minimum absolute atomic E-state index is 0.247. The molecule has 0 amide bonds. The first-order chi connectivity index (χ1) is 7.63. The monoisotopic (exact) mass is 222 g/mol. The molecule has 0 aliphatic heterocycles.